The average Bonchev–Trinajstić information content (AvgIpc) is 2.44. The van der Waals surface area contributed by atoms with E-state index >= 15 is 0 Å². The third kappa shape index (κ3) is 5.17. The minimum Gasteiger partial charge on any atom is -0.494 e. The summed E-state index contributed by atoms with van der Waals surface area (Å²) in [5, 5.41) is 0. The van der Waals surface area contributed by atoms with E-state index in [1.54, 1.807) is 19.1 Å². The number of benzene rings is 1. The second-order valence-corrected chi connectivity index (χ2v) is 4.18. The van der Waals surface area contributed by atoms with Crippen molar-refractivity contribution in [2.75, 3.05) is 26.4 Å². The van der Waals surface area contributed by atoms with Crippen molar-refractivity contribution in [3.05, 3.63) is 17.7 Å². The van der Waals surface area contributed by atoms with Gasteiger partial charge < -0.3 is 18.9 Å². The Morgan fingerprint density at radius 3 is 1.81 bits per heavy atom. The van der Waals surface area contributed by atoms with Crippen LogP contribution in [-0.2, 0) is 16.0 Å². The van der Waals surface area contributed by atoms with Gasteiger partial charge in [0.15, 0.2) is 0 Å². The van der Waals surface area contributed by atoms with Crippen molar-refractivity contribution in [3.8, 4) is 17.2 Å². The number of ether oxygens (including phenoxy) is 4. The van der Waals surface area contributed by atoms with E-state index in [-0.39, 0.29) is 12.4 Å². The van der Waals surface area contributed by atoms with Gasteiger partial charge in [-0.3, -0.25) is 4.79 Å². The van der Waals surface area contributed by atoms with E-state index in [1.807, 2.05) is 20.8 Å². The summed E-state index contributed by atoms with van der Waals surface area (Å²) in [6.07, 6.45) is 0.116. The van der Waals surface area contributed by atoms with Gasteiger partial charge in [-0.05, 0) is 27.7 Å². The fourth-order valence-electron chi connectivity index (χ4n) is 1.94. The lowest BCUT2D eigenvalue weighted by Crippen LogP contribution is -2.11. The molecule has 0 amide bonds. The summed E-state index contributed by atoms with van der Waals surface area (Å²) in [5.74, 6) is 1.56. The molecule has 0 atom stereocenters. The van der Waals surface area contributed by atoms with Crippen molar-refractivity contribution in [2.24, 2.45) is 0 Å². The van der Waals surface area contributed by atoms with E-state index in [4.69, 9.17) is 18.9 Å². The van der Waals surface area contributed by atoms with Crippen molar-refractivity contribution in [3.63, 3.8) is 0 Å². The third-order valence-electron chi connectivity index (χ3n) is 2.68. The maximum atomic E-state index is 11.8. The Morgan fingerprint density at radius 1 is 0.857 bits per heavy atom. The first-order valence-corrected chi connectivity index (χ1v) is 7.37. The molecule has 0 aliphatic carbocycles. The SMILES string of the molecule is CCOC(=O)Cc1c(OCC)cc(OCC)cc1OCC. The molecule has 0 bridgehead atoms. The van der Waals surface area contributed by atoms with Crippen molar-refractivity contribution < 1.29 is 23.7 Å². The Kier molecular flexibility index (Phi) is 7.43. The summed E-state index contributed by atoms with van der Waals surface area (Å²) in [5.41, 5.74) is 0.695. The molecule has 0 fully saturated rings. The highest BCUT2D eigenvalue weighted by atomic mass is 16.5. The van der Waals surface area contributed by atoms with E-state index in [0.29, 0.717) is 49.2 Å². The molecule has 0 spiro atoms. The quantitative estimate of drug-likeness (QED) is 0.656. The molecule has 0 saturated heterocycles. The molecule has 5 heteroatoms. The van der Waals surface area contributed by atoms with Gasteiger partial charge in [0, 0.05) is 17.7 Å². The number of rotatable bonds is 9. The van der Waals surface area contributed by atoms with Gasteiger partial charge in [-0.2, -0.15) is 0 Å². The largest absolute Gasteiger partial charge is 0.494 e. The first kappa shape index (κ1) is 17.1. The van der Waals surface area contributed by atoms with Gasteiger partial charge in [-0.1, -0.05) is 0 Å². The zero-order valence-electron chi connectivity index (χ0n) is 13.2. The molecule has 1 aromatic carbocycles. The predicted molar refractivity (Wildman–Crippen MR) is 80.3 cm³/mol. The maximum absolute atomic E-state index is 11.8. The summed E-state index contributed by atoms with van der Waals surface area (Å²) in [6.45, 7) is 9.37. The van der Waals surface area contributed by atoms with Gasteiger partial charge in [0.25, 0.3) is 0 Å². The van der Waals surface area contributed by atoms with E-state index in [2.05, 4.69) is 0 Å². The molecule has 0 aliphatic heterocycles. The van der Waals surface area contributed by atoms with E-state index in [9.17, 15) is 4.79 Å². The summed E-state index contributed by atoms with van der Waals surface area (Å²) < 4.78 is 21.8. The van der Waals surface area contributed by atoms with Gasteiger partial charge in [0.05, 0.1) is 32.8 Å². The lowest BCUT2D eigenvalue weighted by atomic mass is 10.1. The van der Waals surface area contributed by atoms with Crippen LogP contribution in [0.1, 0.15) is 33.3 Å². The highest BCUT2D eigenvalue weighted by Gasteiger charge is 2.18. The Balaban J connectivity index is 3.17. The zero-order chi connectivity index (χ0) is 15.7. The topological polar surface area (TPSA) is 54.0 Å². The molecular formula is C16H24O5. The molecule has 0 heterocycles. The zero-order valence-corrected chi connectivity index (χ0v) is 13.2. The van der Waals surface area contributed by atoms with Crippen LogP contribution < -0.4 is 14.2 Å². The summed E-state index contributed by atoms with van der Waals surface area (Å²) in [6, 6.07) is 3.56. The number of carbonyl (C=O) groups excluding carboxylic acids is 1. The van der Waals surface area contributed by atoms with Gasteiger partial charge in [-0.25, -0.2) is 0 Å². The van der Waals surface area contributed by atoms with E-state index in [1.165, 1.54) is 0 Å². The fourth-order valence-corrected chi connectivity index (χ4v) is 1.94. The highest BCUT2D eigenvalue weighted by Crippen LogP contribution is 2.35. The van der Waals surface area contributed by atoms with Crippen LogP contribution in [0.5, 0.6) is 17.2 Å². The summed E-state index contributed by atoms with van der Waals surface area (Å²) in [7, 11) is 0. The minimum absolute atomic E-state index is 0.116. The number of hydrogen-bond acceptors (Lipinski definition) is 5. The molecule has 5 nitrogen and oxygen atoms in total. The van der Waals surface area contributed by atoms with Gasteiger partial charge in [0.1, 0.15) is 17.2 Å². The number of carbonyl (C=O) groups is 1. The maximum Gasteiger partial charge on any atom is 0.310 e. The van der Waals surface area contributed by atoms with Gasteiger partial charge >= 0.3 is 5.97 Å². The van der Waals surface area contributed by atoms with Crippen LogP contribution in [0.15, 0.2) is 12.1 Å². The molecule has 0 unspecified atom stereocenters. The van der Waals surface area contributed by atoms with Gasteiger partial charge in [-0.15, -0.1) is 0 Å². The Morgan fingerprint density at radius 2 is 1.38 bits per heavy atom. The molecule has 0 aromatic heterocycles. The lowest BCUT2D eigenvalue weighted by molar-refractivity contribution is -0.142. The molecule has 21 heavy (non-hydrogen) atoms. The second-order valence-electron chi connectivity index (χ2n) is 4.18. The molecule has 1 aromatic rings. The van der Waals surface area contributed by atoms with E-state index < -0.39 is 0 Å². The normalized spacial score (nSPS) is 10.1. The van der Waals surface area contributed by atoms with Crippen molar-refractivity contribution in [1.82, 2.24) is 0 Å². The highest BCUT2D eigenvalue weighted by molar-refractivity contribution is 5.75. The molecule has 118 valence electrons. The van der Waals surface area contributed by atoms with Crippen LogP contribution in [0.25, 0.3) is 0 Å². The summed E-state index contributed by atoms with van der Waals surface area (Å²) >= 11 is 0. The van der Waals surface area contributed by atoms with E-state index in [0.717, 1.165) is 0 Å². The number of esters is 1. The standard InChI is InChI=1S/C16H24O5/c1-5-18-12-9-14(19-6-2)13(11-16(17)21-8-4)15(10-12)20-7-3/h9-10H,5-8,11H2,1-4H3. The van der Waals surface area contributed by atoms with Crippen LogP contribution in [0.3, 0.4) is 0 Å². The Bertz CT molecular complexity index is 429. The van der Waals surface area contributed by atoms with Gasteiger partial charge in [0.2, 0.25) is 0 Å². The average molecular weight is 296 g/mol. The predicted octanol–water partition coefficient (Wildman–Crippen LogP) is 2.99. The Labute approximate surface area is 126 Å². The first-order chi connectivity index (χ1) is 10.2. The van der Waals surface area contributed by atoms with Crippen molar-refractivity contribution in [1.29, 1.82) is 0 Å². The molecule has 0 aliphatic rings. The molecule has 0 radical (unpaired) electrons. The first-order valence-electron chi connectivity index (χ1n) is 7.37. The van der Waals surface area contributed by atoms with Crippen molar-refractivity contribution >= 4 is 5.97 Å². The van der Waals surface area contributed by atoms with Crippen LogP contribution in [0, 0.1) is 0 Å². The van der Waals surface area contributed by atoms with Crippen LogP contribution >= 0.6 is 0 Å². The smallest absolute Gasteiger partial charge is 0.310 e. The third-order valence-corrected chi connectivity index (χ3v) is 2.68. The molecule has 1 rings (SSSR count). The fraction of sp³-hybridized carbons (Fsp3) is 0.562. The van der Waals surface area contributed by atoms with Crippen LogP contribution in [0.4, 0.5) is 0 Å². The minimum atomic E-state index is -0.302. The molecular weight excluding hydrogens is 272 g/mol. The molecule has 0 saturated carbocycles. The Hall–Kier alpha value is -1.91. The molecule has 0 N–H and O–H groups in total. The summed E-state index contributed by atoms with van der Waals surface area (Å²) in [4.78, 5) is 11.8. The lowest BCUT2D eigenvalue weighted by Gasteiger charge is -2.17. The number of hydrogen-bond donors (Lipinski definition) is 0. The monoisotopic (exact) mass is 296 g/mol. The van der Waals surface area contributed by atoms with Crippen molar-refractivity contribution in [2.45, 2.75) is 34.1 Å². The van der Waals surface area contributed by atoms with Crippen LogP contribution in [-0.4, -0.2) is 32.4 Å². The second kappa shape index (κ2) is 9.10. The van der Waals surface area contributed by atoms with Crippen LogP contribution in [0.2, 0.25) is 0 Å².